The van der Waals surface area contributed by atoms with Crippen LogP contribution in [0.15, 0.2) is 47.5 Å². The van der Waals surface area contributed by atoms with Crippen molar-refractivity contribution in [2.45, 2.75) is 4.90 Å². The van der Waals surface area contributed by atoms with Crippen molar-refractivity contribution in [3.8, 4) is 11.3 Å². The summed E-state index contributed by atoms with van der Waals surface area (Å²) in [5, 5.41) is 0. The maximum atomic E-state index is 11.2. The smallest absolute Gasteiger partial charge is 0.295 e. The van der Waals surface area contributed by atoms with Crippen molar-refractivity contribution >= 4 is 15.8 Å². The fraction of sp³-hybridized carbons (Fsp3) is 0. The molecule has 1 aromatic heterocycles. The Labute approximate surface area is 98.7 Å². The lowest BCUT2D eigenvalue weighted by Crippen LogP contribution is -2.02. The number of nitrogen functional groups attached to an aromatic ring is 1. The summed E-state index contributed by atoms with van der Waals surface area (Å²) in [6.45, 7) is 0. The zero-order valence-electron chi connectivity index (χ0n) is 8.74. The molecule has 0 aliphatic rings. The molecule has 0 atom stereocenters. The average Bonchev–Trinajstić information content (AvgIpc) is 2.28. The second kappa shape index (κ2) is 4.15. The Morgan fingerprint density at radius 3 is 2.53 bits per heavy atom. The van der Waals surface area contributed by atoms with Gasteiger partial charge >= 0.3 is 0 Å². The zero-order chi connectivity index (χ0) is 12.5. The topological polar surface area (TPSA) is 93.3 Å². The number of nitrogens with two attached hydrogens (primary N) is 1. The van der Waals surface area contributed by atoms with E-state index in [-0.39, 0.29) is 10.5 Å². The highest BCUT2D eigenvalue weighted by Crippen LogP contribution is 2.27. The van der Waals surface area contributed by atoms with Crippen LogP contribution in [-0.2, 0) is 10.1 Å². The number of anilines is 1. The molecule has 0 saturated carbocycles. The molecular formula is C11H10N2O3S. The Morgan fingerprint density at radius 1 is 1.18 bits per heavy atom. The van der Waals surface area contributed by atoms with Crippen molar-refractivity contribution in [3.05, 3.63) is 42.6 Å². The van der Waals surface area contributed by atoms with Crippen LogP contribution >= 0.6 is 0 Å². The molecule has 0 fully saturated rings. The molecule has 88 valence electrons. The highest BCUT2D eigenvalue weighted by atomic mass is 32.2. The van der Waals surface area contributed by atoms with Crippen LogP contribution < -0.4 is 5.73 Å². The third-order valence-electron chi connectivity index (χ3n) is 2.22. The molecule has 0 aliphatic heterocycles. The van der Waals surface area contributed by atoms with Gasteiger partial charge in [0, 0.05) is 17.4 Å². The first-order valence-electron chi connectivity index (χ1n) is 4.77. The maximum absolute atomic E-state index is 11.2. The fourth-order valence-corrected chi connectivity index (χ4v) is 2.18. The van der Waals surface area contributed by atoms with Gasteiger partial charge in [0.25, 0.3) is 10.1 Å². The van der Waals surface area contributed by atoms with Gasteiger partial charge in [0.1, 0.15) is 4.90 Å². The molecule has 0 saturated heterocycles. The molecule has 2 aromatic rings. The summed E-state index contributed by atoms with van der Waals surface area (Å²) in [5.41, 5.74) is 6.73. The molecule has 17 heavy (non-hydrogen) atoms. The van der Waals surface area contributed by atoms with Gasteiger partial charge in [0.05, 0.1) is 5.69 Å². The lowest BCUT2D eigenvalue weighted by molar-refractivity contribution is 0.483. The van der Waals surface area contributed by atoms with E-state index in [4.69, 9.17) is 10.3 Å². The molecule has 6 heteroatoms. The van der Waals surface area contributed by atoms with Crippen LogP contribution in [0.25, 0.3) is 11.3 Å². The molecule has 0 aliphatic carbocycles. The molecule has 0 amide bonds. The molecule has 1 heterocycles. The van der Waals surface area contributed by atoms with E-state index >= 15 is 0 Å². The summed E-state index contributed by atoms with van der Waals surface area (Å²) in [5.74, 6) is 0. The zero-order valence-corrected chi connectivity index (χ0v) is 9.55. The Bertz CT molecular complexity index is 639. The van der Waals surface area contributed by atoms with Gasteiger partial charge in [-0.05, 0) is 30.3 Å². The summed E-state index contributed by atoms with van der Waals surface area (Å²) in [7, 11) is -4.29. The lowest BCUT2D eigenvalue weighted by atomic mass is 10.1. The summed E-state index contributed by atoms with van der Waals surface area (Å²) in [4.78, 5) is 3.83. The summed E-state index contributed by atoms with van der Waals surface area (Å²) >= 11 is 0. The van der Waals surface area contributed by atoms with E-state index in [1.54, 1.807) is 18.2 Å². The van der Waals surface area contributed by atoms with E-state index in [0.29, 0.717) is 11.4 Å². The van der Waals surface area contributed by atoms with E-state index in [0.717, 1.165) is 0 Å². The van der Waals surface area contributed by atoms with Crippen LogP contribution in [0.4, 0.5) is 5.69 Å². The molecule has 0 unspecified atom stereocenters. The standard InChI is InChI=1S/C11H10N2O3S/c12-8-4-5-11(17(14,15)16)9(7-8)10-3-1-2-6-13-10/h1-7H,12H2,(H,14,15,16). The molecule has 0 radical (unpaired) electrons. The summed E-state index contributed by atoms with van der Waals surface area (Å²) in [6.07, 6.45) is 1.53. The molecule has 3 N–H and O–H groups in total. The molecule has 2 rings (SSSR count). The summed E-state index contributed by atoms with van der Waals surface area (Å²) < 4.78 is 31.6. The SMILES string of the molecule is Nc1ccc(S(=O)(=O)O)c(-c2ccccn2)c1. The Kier molecular flexibility index (Phi) is 2.83. The van der Waals surface area contributed by atoms with Crippen molar-refractivity contribution in [3.63, 3.8) is 0 Å². The van der Waals surface area contributed by atoms with E-state index in [1.807, 2.05) is 0 Å². The van der Waals surface area contributed by atoms with Crippen molar-refractivity contribution in [1.82, 2.24) is 4.98 Å². The number of hydrogen-bond donors (Lipinski definition) is 2. The molecular weight excluding hydrogens is 240 g/mol. The van der Waals surface area contributed by atoms with Crippen LogP contribution in [0.1, 0.15) is 0 Å². The number of aromatic nitrogens is 1. The second-order valence-corrected chi connectivity index (χ2v) is 4.84. The Balaban J connectivity index is 2.72. The van der Waals surface area contributed by atoms with Crippen LogP contribution in [0.3, 0.4) is 0 Å². The first kappa shape index (κ1) is 11.6. The van der Waals surface area contributed by atoms with Gasteiger partial charge in [0.15, 0.2) is 0 Å². The van der Waals surface area contributed by atoms with E-state index < -0.39 is 10.1 Å². The number of hydrogen-bond acceptors (Lipinski definition) is 4. The number of rotatable bonds is 2. The number of pyridine rings is 1. The molecule has 0 spiro atoms. The Hall–Kier alpha value is -1.92. The van der Waals surface area contributed by atoms with Crippen LogP contribution in [0, 0.1) is 0 Å². The van der Waals surface area contributed by atoms with Crippen LogP contribution in [0.5, 0.6) is 0 Å². The van der Waals surface area contributed by atoms with Crippen LogP contribution in [0.2, 0.25) is 0 Å². The summed E-state index contributed by atoms with van der Waals surface area (Å²) in [6, 6.07) is 9.21. The quantitative estimate of drug-likeness (QED) is 0.623. The first-order valence-corrected chi connectivity index (χ1v) is 6.21. The monoisotopic (exact) mass is 250 g/mol. The van der Waals surface area contributed by atoms with Crippen molar-refractivity contribution in [2.24, 2.45) is 0 Å². The number of nitrogens with zero attached hydrogens (tertiary/aromatic N) is 1. The largest absolute Gasteiger partial charge is 0.399 e. The normalized spacial score (nSPS) is 11.4. The molecule has 0 bridgehead atoms. The number of benzene rings is 1. The second-order valence-electron chi connectivity index (χ2n) is 3.45. The van der Waals surface area contributed by atoms with Gasteiger partial charge in [-0.2, -0.15) is 8.42 Å². The minimum atomic E-state index is -4.29. The Morgan fingerprint density at radius 2 is 1.94 bits per heavy atom. The molecule has 5 nitrogen and oxygen atoms in total. The van der Waals surface area contributed by atoms with Gasteiger partial charge in [-0.25, -0.2) is 0 Å². The van der Waals surface area contributed by atoms with Crippen molar-refractivity contribution < 1.29 is 13.0 Å². The lowest BCUT2D eigenvalue weighted by Gasteiger charge is -2.07. The molecule has 1 aromatic carbocycles. The highest BCUT2D eigenvalue weighted by molar-refractivity contribution is 7.86. The van der Waals surface area contributed by atoms with Gasteiger partial charge in [-0.15, -0.1) is 0 Å². The van der Waals surface area contributed by atoms with E-state index in [1.165, 1.54) is 24.4 Å². The van der Waals surface area contributed by atoms with Gasteiger partial charge in [-0.3, -0.25) is 9.54 Å². The minimum Gasteiger partial charge on any atom is -0.399 e. The van der Waals surface area contributed by atoms with Gasteiger partial charge in [0.2, 0.25) is 0 Å². The third-order valence-corrected chi connectivity index (χ3v) is 3.13. The average molecular weight is 250 g/mol. The predicted molar refractivity (Wildman–Crippen MR) is 63.9 cm³/mol. The van der Waals surface area contributed by atoms with Crippen molar-refractivity contribution in [1.29, 1.82) is 0 Å². The highest BCUT2D eigenvalue weighted by Gasteiger charge is 2.17. The minimum absolute atomic E-state index is 0.203. The van der Waals surface area contributed by atoms with Crippen molar-refractivity contribution in [2.75, 3.05) is 5.73 Å². The fourth-order valence-electron chi connectivity index (χ4n) is 1.49. The maximum Gasteiger partial charge on any atom is 0.295 e. The predicted octanol–water partition coefficient (Wildman–Crippen LogP) is 1.58. The van der Waals surface area contributed by atoms with E-state index in [9.17, 15) is 8.42 Å². The van der Waals surface area contributed by atoms with E-state index in [2.05, 4.69) is 4.98 Å². The van der Waals surface area contributed by atoms with Gasteiger partial charge in [-0.1, -0.05) is 6.07 Å². The third kappa shape index (κ3) is 2.43. The van der Waals surface area contributed by atoms with Gasteiger partial charge < -0.3 is 5.73 Å². The first-order chi connectivity index (χ1) is 7.98. The van der Waals surface area contributed by atoms with Crippen LogP contribution in [-0.4, -0.2) is 18.0 Å².